The molecule has 0 radical (unpaired) electrons. The molecule has 0 aromatic heterocycles. The average molecular weight is 495 g/mol. The van der Waals surface area contributed by atoms with Crippen molar-refractivity contribution in [2.75, 3.05) is 4.90 Å². The van der Waals surface area contributed by atoms with Crippen LogP contribution in [0, 0.1) is 5.82 Å². The van der Waals surface area contributed by atoms with Crippen LogP contribution >= 0.6 is 0 Å². The van der Waals surface area contributed by atoms with Gasteiger partial charge in [0.05, 0.1) is 12.2 Å². The highest BCUT2D eigenvalue weighted by Crippen LogP contribution is 2.31. The maximum atomic E-state index is 14.5. The third-order valence-electron chi connectivity index (χ3n) is 5.61. The molecule has 184 valence electrons. The van der Waals surface area contributed by atoms with Gasteiger partial charge < -0.3 is 14.7 Å². The number of alkyl halides is 3. The van der Waals surface area contributed by atoms with Crippen molar-refractivity contribution >= 4 is 29.5 Å². The smallest absolute Gasteiger partial charge is 0.465 e. The van der Waals surface area contributed by atoms with E-state index in [9.17, 15) is 41.8 Å². The molecule has 1 atom stereocenters. The van der Waals surface area contributed by atoms with Crippen LogP contribution in [0.15, 0.2) is 36.4 Å². The second-order valence-corrected chi connectivity index (χ2v) is 7.92. The summed E-state index contributed by atoms with van der Waals surface area (Å²) in [6.07, 6.45) is -6.35. The highest BCUT2D eigenvalue weighted by Gasteiger charge is 2.39. The van der Waals surface area contributed by atoms with Gasteiger partial charge in [-0.25, -0.2) is 9.18 Å². The quantitative estimate of drug-likeness (QED) is 0.486. The van der Waals surface area contributed by atoms with E-state index in [-0.39, 0.29) is 24.9 Å². The van der Waals surface area contributed by atoms with Crippen LogP contribution in [0.2, 0.25) is 0 Å². The van der Waals surface area contributed by atoms with Crippen LogP contribution in [0.1, 0.15) is 34.3 Å². The largest absolute Gasteiger partial charge is 0.573 e. The number of carboxylic acid groups (broad SMARTS) is 1. The number of fused-ring (bicyclic) bond motifs is 1. The van der Waals surface area contributed by atoms with Crippen LogP contribution in [0.25, 0.3) is 0 Å². The molecule has 0 aliphatic carbocycles. The molecule has 2 aromatic rings. The Morgan fingerprint density at radius 3 is 2.54 bits per heavy atom. The van der Waals surface area contributed by atoms with Gasteiger partial charge in [-0.05, 0) is 35.7 Å². The standard InChI is InChI=1S/C22H17F4N3O6/c23-15-8-13(35-22(24,25)26)3-4-16(15)29(21(33)34)9-11-1-2-12-10-28(20(32)14(12)7-11)17-5-6-18(30)27-19(17)31/h1-4,7-8,17H,5-6,9-10H2,(H,33,34)(H,27,30,31). The SMILES string of the molecule is O=C1CCC(N2Cc3ccc(CN(C(=O)O)c4ccc(OC(F)(F)F)cc4F)cc3C2=O)C(=O)N1. The molecule has 2 aromatic carbocycles. The third kappa shape index (κ3) is 5.03. The Labute approximate surface area is 194 Å². The van der Waals surface area contributed by atoms with Crippen LogP contribution < -0.4 is 15.0 Å². The van der Waals surface area contributed by atoms with Gasteiger partial charge in [-0.1, -0.05) is 12.1 Å². The lowest BCUT2D eigenvalue weighted by molar-refractivity contribution is -0.274. The minimum absolute atomic E-state index is 0.0910. The molecule has 2 N–H and O–H groups in total. The normalized spacial score (nSPS) is 17.8. The van der Waals surface area contributed by atoms with Crippen LogP contribution in [0.3, 0.4) is 0 Å². The van der Waals surface area contributed by atoms with Gasteiger partial charge in [0.25, 0.3) is 5.91 Å². The monoisotopic (exact) mass is 495 g/mol. The Morgan fingerprint density at radius 2 is 1.91 bits per heavy atom. The number of amides is 4. The van der Waals surface area contributed by atoms with Crippen molar-refractivity contribution in [1.82, 2.24) is 10.2 Å². The van der Waals surface area contributed by atoms with Crippen molar-refractivity contribution in [2.45, 2.75) is 38.3 Å². The van der Waals surface area contributed by atoms with Gasteiger partial charge in [0.2, 0.25) is 11.8 Å². The lowest BCUT2D eigenvalue weighted by Crippen LogP contribution is -2.52. The van der Waals surface area contributed by atoms with Gasteiger partial charge in [-0.3, -0.25) is 24.6 Å². The van der Waals surface area contributed by atoms with Crippen molar-refractivity contribution in [3.8, 4) is 5.75 Å². The lowest BCUT2D eigenvalue weighted by atomic mass is 10.0. The summed E-state index contributed by atoms with van der Waals surface area (Å²) >= 11 is 0. The topological polar surface area (TPSA) is 116 Å². The zero-order chi connectivity index (χ0) is 25.5. The zero-order valence-corrected chi connectivity index (χ0v) is 17.8. The van der Waals surface area contributed by atoms with Gasteiger partial charge in [0.1, 0.15) is 11.8 Å². The summed E-state index contributed by atoms with van der Waals surface area (Å²) in [5, 5.41) is 11.8. The minimum atomic E-state index is -5.04. The number of nitrogens with one attached hydrogen (secondary N) is 1. The first kappa shape index (κ1) is 24.0. The first-order valence-electron chi connectivity index (χ1n) is 10.2. The molecule has 35 heavy (non-hydrogen) atoms. The maximum Gasteiger partial charge on any atom is 0.573 e. The van der Waals surface area contributed by atoms with Crippen molar-refractivity contribution < 1.29 is 46.6 Å². The summed E-state index contributed by atoms with van der Waals surface area (Å²) in [4.78, 5) is 50.2. The van der Waals surface area contributed by atoms with E-state index in [1.165, 1.54) is 17.0 Å². The van der Waals surface area contributed by atoms with E-state index < -0.39 is 60.0 Å². The van der Waals surface area contributed by atoms with Gasteiger partial charge >= 0.3 is 12.5 Å². The molecule has 1 fully saturated rings. The lowest BCUT2D eigenvalue weighted by Gasteiger charge is -2.29. The van der Waals surface area contributed by atoms with E-state index in [1.807, 2.05) is 0 Å². The van der Waals surface area contributed by atoms with E-state index in [4.69, 9.17) is 0 Å². The number of halogens is 4. The molecule has 1 saturated heterocycles. The summed E-state index contributed by atoms with van der Waals surface area (Å²) < 4.78 is 55.2. The number of piperidine rings is 1. The van der Waals surface area contributed by atoms with E-state index in [0.717, 1.165) is 12.1 Å². The zero-order valence-electron chi connectivity index (χ0n) is 17.8. The van der Waals surface area contributed by atoms with Crippen molar-refractivity contribution in [3.05, 3.63) is 58.9 Å². The molecule has 2 heterocycles. The fourth-order valence-electron chi connectivity index (χ4n) is 4.04. The molecule has 0 bridgehead atoms. The molecule has 9 nitrogen and oxygen atoms in total. The number of anilines is 1. The number of hydrogen-bond donors (Lipinski definition) is 2. The fraction of sp³-hybridized carbons (Fsp3) is 0.273. The Morgan fingerprint density at radius 1 is 1.17 bits per heavy atom. The van der Waals surface area contributed by atoms with Crippen molar-refractivity contribution in [2.24, 2.45) is 0 Å². The maximum absolute atomic E-state index is 14.5. The molecule has 13 heteroatoms. The summed E-state index contributed by atoms with van der Waals surface area (Å²) in [5.74, 6) is -3.57. The number of ether oxygens (including phenoxy) is 1. The second-order valence-electron chi connectivity index (χ2n) is 7.92. The first-order valence-corrected chi connectivity index (χ1v) is 10.2. The van der Waals surface area contributed by atoms with E-state index in [1.54, 1.807) is 6.07 Å². The Hall–Kier alpha value is -4.16. The molecule has 2 aliphatic rings. The number of benzene rings is 2. The molecule has 2 aliphatic heterocycles. The molecule has 0 spiro atoms. The number of carbonyl (C=O) groups excluding carboxylic acids is 3. The highest BCUT2D eigenvalue weighted by molar-refractivity contribution is 6.05. The molecule has 0 saturated carbocycles. The number of rotatable bonds is 5. The van der Waals surface area contributed by atoms with Gasteiger partial charge in [-0.15, -0.1) is 13.2 Å². The third-order valence-corrected chi connectivity index (χ3v) is 5.61. The van der Waals surface area contributed by atoms with E-state index >= 15 is 0 Å². The Kier molecular flexibility index (Phi) is 6.09. The molecule has 4 rings (SSSR count). The van der Waals surface area contributed by atoms with Crippen LogP contribution in [0.4, 0.5) is 28.0 Å². The Balaban J connectivity index is 1.55. The minimum Gasteiger partial charge on any atom is -0.465 e. The van der Waals surface area contributed by atoms with E-state index in [0.29, 0.717) is 22.1 Å². The van der Waals surface area contributed by atoms with Crippen molar-refractivity contribution in [1.29, 1.82) is 0 Å². The first-order chi connectivity index (χ1) is 16.4. The molecule has 4 amide bonds. The van der Waals surface area contributed by atoms with E-state index in [2.05, 4.69) is 10.1 Å². The Bertz CT molecular complexity index is 1230. The predicted molar refractivity (Wildman–Crippen MR) is 110 cm³/mol. The summed E-state index contributed by atoms with van der Waals surface area (Å²) in [6, 6.07) is 5.74. The fourth-order valence-corrected chi connectivity index (χ4v) is 4.04. The predicted octanol–water partition coefficient (Wildman–Crippen LogP) is 3.17. The molecular formula is C22H17F4N3O6. The summed E-state index contributed by atoms with van der Waals surface area (Å²) in [5.41, 5.74) is 0.612. The van der Waals surface area contributed by atoms with Crippen LogP contribution in [-0.2, 0) is 22.7 Å². The highest BCUT2D eigenvalue weighted by atomic mass is 19.4. The van der Waals surface area contributed by atoms with Gasteiger partial charge in [-0.2, -0.15) is 0 Å². The van der Waals surface area contributed by atoms with Crippen molar-refractivity contribution in [3.63, 3.8) is 0 Å². The van der Waals surface area contributed by atoms with Gasteiger partial charge in [0.15, 0.2) is 5.82 Å². The number of nitrogens with zero attached hydrogens (tertiary/aromatic N) is 2. The van der Waals surface area contributed by atoms with Crippen LogP contribution in [0.5, 0.6) is 5.75 Å². The summed E-state index contributed by atoms with van der Waals surface area (Å²) in [7, 11) is 0. The number of imide groups is 1. The van der Waals surface area contributed by atoms with Gasteiger partial charge in [0, 0.05) is 24.6 Å². The molecule has 1 unspecified atom stereocenters. The second kappa shape index (κ2) is 8.89. The van der Waals surface area contributed by atoms with Crippen LogP contribution in [-0.4, -0.2) is 46.2 Å². The number of hydrogen-bond acceptors (Lipinski definition) is 5. The molecular weight excluding hydrogens is 478 g/mol. The summed E-state index contributed by atoms with van der Waals surface area (Å²) in [6.45, 7) is -0.288. The number of carbonyl (C=O) groups is 4. The average Bonchev–Trinajstić information content (AvgIpc) is 3.07.